The van der Waals surface area contributed by atoms with Crippen molar-refractivity contribution in [3.63, 3.8) is 0 Å². The van der Waals surface area contributed by atoms with Crippen molar-refractivity contribution in [1.29, 1.82) is 0 Å². The molecule has 0 bridgehead atoms. The van der Waals surface area contributed by atoms with Crippen molar-refractivity contribution in [2.45, 2.75) is 33.6 Å². The zero-order valence-electron chi connectivity index (χ0n) is 17.1. The molecule has 2 rings (SSSR count). The number of para-hydroxylation sites is 1. The number of methoxy groups -OCH3 is 1. The van der Waals surface area contributed by atoms with Gasteiger partial charge >= 0.3 is 5.97 Å². The van der Waals surface area contributed by atoms with E-state index in [0.717, 1.165) is 29.7 Å². The Morgan fingerprint density at radius 1 is 1.14 bits per heavy atom. The van der Waals surface area contributed by atoms with Crippen LogP contribution in [-0.4, -0.2) is 38.0 Å². The van der Waals surface area contributed by atoms with Crippen LogP contribution in [0.5, 0.6) is 5.75 Å². The molecule has 2 aromatic rings. The van der Waals surface area contributed by atoms with Crippen molar-refractivity contribution in [3.8, 4) is 5.75 Å². The van der Waals surface area contributed by atoms with Gasteiger partial charge in [-0.1, -0.05) is 31.5 Å². The average Bonchev–Trinajstić information content (AvgIpc) is 3.02. The highest BCUT2D eigenvalue weighted by Gasteiger charge is 2.26. The second-order valence-electron chi connectivity index (χ2n) is 6.46. The Balaban J connectivity index is 2.16. The predicted octanol–water partition coefficient (Wildman–Crippen LogP) is 3.70. The number of carbonyl (C=O) groups is 3. The van der Waals surface area contributed by atoms with E-state index in [4.69, 9.17) is 9.47 Å². The van der Waals surface area contributed by atoms with Gasteiger partial charge in [0.15, 0.2) is 6.61 Å². The Morgan fingerprint density at radius 3 is 2.52 bits per heavy atom. The van der Waals surface area contributed by atoms with Crippen molar-refractivity contribution in [2.75, 3.05) is 25.6 Å². The highest BCUT2D eigenvalue weighted by molar-refractivity contribution is 7.18. The molecule has 0 radical (unpaired) electrons. The first kappa shape index (κ1) is 22.4. The minimum atomic E-state index is -0.610. The third-order valence-electron chi connectivity index (χ3n) is 4.26. The molecule has 0 saturated heterocycles. The molecule has 2 N–H and O–H groups in total. The lowest BCUT2D eigenvalue weighted by atomic mass is 10.1. The predicted molar refractivity (Wildman–Crippen MR) is 113 cm³/mol. The molecule has 0 aliphatic carbocycles. The molecule has 0 atom stereocenters. The minimum Gasteiger partial charge on any atom is -0.483 e. The first-order valence-corrected chi connectivity index (χ1v) is 10.2. The third-order valence-corrected chi connectivity index (χ3v) is 5.47. The Bertz CT molecular complexity index is 891. The molecule has 1 aromatic heterocycles. The molecule has 0 saturated carbocycles. The smallest absolute Gasteiger partial charge is 0.341 e. The maximum absolute atomic E-state index is 12.5. The number of anilines is 1. The number of carbonyl (C=O) groups excluding carboxylic acids is 3. The van der Waals surface area contributed by atoms with Crippen LogP contribution in [0.1, 0.15) is 50.9 Å². The summed E-state index contributed by atoms with van der Waals surface area (Å²) < 4.78 is 10.4. The fourth-order valence-electron chi connectivity index (χ4n) is 2.65. The number of hydrogen-bond acceptors (Lipinski definition) is 6. The summed E-state index contributed by atoms with van der Waals surface area (Å²) in [5, 5.41) is 5.77. The van der Waals surface area contributed by atoms with Crippen molar-refractivity contribution in [1.82, 2.24) is 5.32 Å². The van der Waals surface area contributed by atoms with Crippen LogP contribution in [0.3, 0.4) is 0 Å². The first-order valence-electron chi connectivity index (χ1n) is 9.37. The Hall–Kier alpha value is -2.87. The number of ether oxygens (including phenoxy) is 2. The van der Waals surface area contributed by atoms with Gasteiger partial charge in [-0.3, -0.25) is 9.59 Å². The highest BCUT2D eigenvalue weighted by Crippen LogP contribution is 2.33. The van der Waals surface area contributed by atoms with E-state index in [1.165, 1.54) is 7.11 Å². The SMILES string of the molecule is CCCCNC(=O)c1sc(NC(=O)COc2ccccc2C)c(C(=O)OC)c1C. The van der Waals surface area contributed by atoms with Crippen LogP contribution in [0, 0.1) is 13.8 Å². The monoisotopic (exact) mass is 418 g/mol. The van der Waals surface area contributed by atoms with Gasteiger partial charge in [0, 0.05) is 6.54 Å². The lowest BCUT2D eigenvalue weighted by Crippen LogP contribution is -2.24. The van der Waals surface area contributed by atoms with Gasteiger partial charge in [0.25, 0.3) is 11.8 Å². The highest BCUT2D eigenvalue weighted by atomic mass is 32.1. The zero-order chi connectivity index (χ0) is 21.4. The van der Waals surface area contributed by atoms with Gasteiger partial charge in [0.2, 0.25) is 0 Å². The molecule has 0 aliphatic rings. The summed E-state index contributed by atoms with van der Waals surface area (Å²) in [5.74, 6) is -0.712. The molecule has 0 unspecified atom stereocenters. The van der Waals surface area contributed by atoms with Crippen LogP contribution in [0.25, 0.3) is 0 Å². The second-order valence-corrected chi connectivity index (χ2v) is 7.48. The quantitative estimate of drug-likeness (QED) is 0.478. The molecule has 1 heterocycles. The Kier molecular flexibility index (Phi) is 8.21. The van der Waals surface area contributed by atoms with E-state index in [0.29, 0.717) is 22.7 Å². The molecule has 29 heavy (non-hydrogen) atoms. The largest absolute Gasteiger partial charge is 0.483 e. The maximum Gasteiger partial charge on any atom is 0.341 e. The zero-order valence-corrected chi connectivity index (χ0v) is 17.9. The summed E-state index contributed by atoms with van der Waals surface area (Å²) in [6.07, 6.45) is 1.82. The van der Waals surface area contributed by atoms with Crippen LogP contribution in [0.4, 0.5) is 5.00 Å². The first-order chi connectivity index (χ1) is 13.9. The van der Waals surface area contributed by atoms with Gasteiger partial charge in [-0.2, -0.15) is 0 Å². The fraction of sp³-hybridized carbons (Fsp3) is 0.381. The summed E-state index contributed by atoms with van der Waals surface area (Å²) >= 11 is 1.05. The summed E-state index contributed by atoms with van der Waals surface area (Å²) in [5.41, 5.74) is 1.57. The molecular formula is C21H26N2O5S. The molecule has 2 amide bonds. The molecule has 0 fully saturated rings. The van der Waals surface area contributed by atoms with Crippen molar-refractivity contribution >= 4 is 34.1 Å². The molecule has 0 spiro atoms. The van der Waals surface area contributed by atoms with Crippen LogP contribution < -0.4 is 15.4 Å². The van der Waals surface area contributed by atoms with Gasteiger partial charge in [0.05, 0.1) is 17.6 Å². The number of hydrogen-bond donors (Lipinski definition) is 2. The number of thiophene rings is 1. The van der Waals surface area contributed by atoms with E-state index < -0.39 is 11.9 Å². The molecule has 7 nitrogen and oxygen atoms in total. The summed E-state index contributed by atoms with van der Waals surface area (Å²) in [7, 11) is 1.26. The van der Waals surface area contributed by atoms with Crippen LogP contribution in [-0.2, 0) is 9.53 Å². The second kappa shape index (κ2) is 10.6. The minimum absolute atomic E-state index is 0.183. The number of nitrogens with one attached hydrogen (secondary N) is 2. The van der Waals surface area contributed by atoms with Gasteiger partial charge in [-0.25, -0.2) is 4.79 Å². The van der Waals surface area contributed by atoms with E-state index >= 15 is 0 Å². The van der Waals surface area contributed by atoms with Crippen LogP contribution >= 0.6 is 11.3 Å². The van der Waals surface area contributed by atoms with E-state index in [1.54, 1.807) is 13.0 Å². The molecule has 8 heteroatoms. The molecule has 156 valence electrons. The van der Waals surface area contributed by atoms with Gasteiger partial charge in [-0.15, -0.1) is 11.3 Å². The number of benzene rings is 1. The van der Waals surface area contributed by atoms with Gasteiger partial charge in [-0.05, 0) is 37.5 Å². The Labute approximate surface area is 174 Å². The summed E-state index contributed by atoms with van der Waals surface area (Å²) in [6, 6.07) is 7.36. The third kappa shape index (κ3) is 5.80. The fourth-order valence-corrected chi connectivity index (χ4v) is 3.78. The number of rotatable bonds is 9. The number of unbranched alkanes of at least 4 members (excludes halogenated alkanes) is 1. The van der Waals surface area contributed by atoms with Crippen molar-refractivity contribution in [2.24, 2.45) is 0 Å². The number of aryl methyl sites for hydroxylation is 1. The van der Waals surface area contributed by atoms with Crippen LogP contribution in [0.2, 0.25) is 0 Å². The van der Waals surface area contributed by atoms with Gasteiger partial charge < -0.3 is 20.1 Å². The number of amides is 2. The van der Waals surface area contributed by atoms with Gasteiger partial charge in [0.1, 0.15) is 10.8 Å². The molecular weight excluding hydrogens is 392 g/mol. The maximum atomic E-state index is 12.5. The normalized spacial score (nSPS) is 10.3. The summed E-state index contributed by atoms with van der Waals surface area (Å²) in [4.78, 5) is 37.4. The lowest BCUT2D eigenvalue weighted by molar-refractivity contribution is -0.118. The van der Waals surface area contributed by atoms with E-state index in [-0.39, 0.29) is 23.1 Å². The molecule has 1 aromatic carbocycles. The average molecular weight is 419 g/mol. The number of esters is 1. The van der Waals surface area contributed by atoms with E-state index in [2.05, 4.69) is 10.6 Å². The molecule has 0 aliphatic heterocycles. The standard InChI is InChI=1S/C21H26N2O5S/c1-5-6-11-22-19(25)18-14(3)17(21(26)27-4)20(29-18)23-16(24)12-28-15-10-8-7-9-13(15)2/h7-10H,5-6,11-12H2,1-4H3,(H,22,25)(H,23,24). The van der Waals surface area contributed by atoms with Crippen molar-refractivity contribution in [3.05, 3.63) is 45.8 Å². The Morgan fingerprint density at radius 2 is 1.86 bits per heavy atom. The van der Waals surface area contributed by atoms with E-state index in [1.807, 2.05) is 32.0 Å². The van der Waals surface area contributed by atoms with E-state index in [9.17, 15) is 14.4 Å². The van der Waals surface area contributed by atoms with Crippen molar-refractivity contribution < 1.29 is 23.9 Å². The van der Waals surface area contributed by atoms with Crippen LogP contribution in [0.15, 0.2) is 24.3 Å². The topological polar surface area (TPSA) is 93.7 Å². The summed E-state index contributed by atoms with van der Waals surface area (Å²) in [6.45, 7) is 5.91. The lowest BCUT2D eigenvalue weighted by Gasteiger charge is -2.09.